The van der Waals surface area contributed by atoms with Crippen LogP contribution in [-0.4, -0.2) is 11.1 Å². The SMILES string of the molecule is O=C(O)CC[C@H]1CC[C@@H]2CCCC[C@H]2C1. The van der Waals surface area contributed by atoms with Gasteiger partial charge in [-0.3, -0.25) is 4.79 Å². The molecule has 0 aliphatic heterocycles. The van der Waals surface area contributed by atoms with E-state index in [0.29, 0.717) is 12.3 Å². The van der Waals surface area contributed by atoms with E-state index in [-0.39, 0.29) is 0 Å². The smallest absolute Gasteiger partial charge is 0.303 e. The molecule has 2 heteroatoms. The predicted molar refractivity (Wildman–Crippen MR) is 59.7 cm³/mol. The molecule has 0 amide bonds. The molecule has 0 heterocycles. The minimum atomic E-state index is -0.624. The van der Waals surface area contributed by atoms with Crippen LogP contribution in [0.2, 0.25) is 0 Å². The van der Waals surface area contributed by atoms with Crippen molar-refractivity contribution in [3.63, 3.8) is 0 Å². The molecular formula is C13H22O2. The van der Waals surface area contributed by atoms with E-state index in [0.717, 1.165) is 18.3 Å². The van der Waals surface area contributed by atoms with E-state index in [9.17, 15) is 4.79 Å². The van der Waals surface area contributed by atoms with Crippen molar-refractivity contribution in [1.82, 2.24) is 0 Å². The number of rotatable bonds is 3. The van der Waals surface area contributed by atoms with Crippen LogP contribution in [0.5, 0.6) is 0 Å². The third kappa shape index (κ3) is 2.96. The second-order valence-electron chi connectivity index (χ2n) is 5.42. The maximum absolute atomic E-state index is 10.5. The first kappa shape index (κ1) is 11.0. The Morgan fingerprint density at radius 1 is 1.07 bits per heavy atom. The average molecular weight is 210 g/mol. The number of aliphatic carboxylic acids is 1. The molecular weight excluding hydrogens is 188 g/mol. The van der Waals surface area contributed by atoms with Gasteiger partial charge in [0.05, 0.1) is 0 Å². The maximum Gasteiger partial charge on any atom is 0.303 e. The minimum Gasteiger partial charge on any atom is -0.481 e. The molecule has 0 unspecified atom stereocenters. The van der Waals surface area contributed by atoms with E-state index < -0.39 is 5.97 Å². The Bertz CT molecular complexity index is 225. The van der Waals surface area contributed by atoms with Gasteiger partial charge in [0.2, 0.25) is 0 Å². The molecule has 0 radical (unpaired) electrons. The highest BCUT2D eigenvalue weighted by Gasteiger charge is 2.31. The Kier molecular flexibility index (Phi) is 3.66. The normalized spacial score (nSPS) is 35.9. The van der Waals surface area contributed by atoms with Gasteiger partial charge in [0.15, 0.2) is 0 Å². The van der Waals surface area contributed by atoms with Gasteiger partial charge in [-0.2, -0.15) is 0 Å². The second-order valence-corrected chi connectivity index (χ2v) is 5.42. The third-order valence-electron chi connectivity index (χ3n) is 4.41. The quantitative estimate of drug-likeness (QED) is 0.774. The zero-order valence-electron chi connectivity index (χ0n) is 9.45. The fraction of sp³-hybridized carbons (Fsp3) is 0.923. The number of carboxylic acids is 1. The van der Waals surface area contributed by atoms with Gasteiger partial charge in [0.25, 0.3) is 0 Å². The summed E-state index contributed by atoms with van der Waals surface area (Å²) >= 11 is 0. The van der Waals surface area contributed by atoms with Gasteiger partial charge >= 0.3 is 5.97 Å². The van der Waals surface area contributed by atoms with Crippen LogP contribution >= 0.6 is 0 Å². The van der Waals surface area contributed by atoms with E-state index in [4.69, 9.17) is 5.11 Å². The Hall–Kier alpha value is -0.530. The Labute approximate surface area is 92.1 Å². The van der Waals surface area contributed by atoms with Crippen LogP contribution in [0.15, 0.2) is 0 Å². The van der Waals surface area contributed by atoms with Crippen molar-refractivity contribution in [2.45, 2.75) is 57.8 Å². The molecule has 0 bridgehead atoms. The summed E-state index contributed by atoms with van der Waals surface area (Å²) in [5.74, 6) is 2.01. The van der Waals surface area contributed by atoms with Crippen molar-refractivity contribution in [2.24, 2.45) is 17.8 Å². The Morgan fingerprint density at radius 3 is 2.53 bits per heavy atom. The van der Waals surface area contributed by atoms with Gasteiger partial charge < -0.3 is 5.11 Å². The monoisotopic (exact) mass is 210 g/mol. The fourth-order valence-corrected chi connectivity index (χ4v) is 3.56. The van der Waals surface area contributed by atoms with Gasteiger partial charge in [-0.1, -0.05) is 32.1 Å². The highest BCUT2D eigenvalue weighted by atomic mass is 16.4. The molecule has 2 aliphatic rings. The van der Waals surface area contributed by atoms with Crippen molar-refractivity contribution in [3.05, 3.63) is 0 Å². The van der Waals surface area contributed by atoms with Gasteiger partial charge in [-0.25, -0.2) is 0 Å². The highest BCUT2D eigenvalue weighted by Crippen LogP contribution is 2.43. The molecule has 0 aromatic carbocycles. The van der Waals surface area contributed by atoms with Crippen LogP contribution in [0.1, 0.15) is 57.8 Å². The van der Waals surface area contributed by atoms with Crippen LogP contribution in [0.25, 0.3) is 0 Å². The van der Waals surface area contributed by atoms with Gasteiger partial charge in [-0.15, -0.1) is 0 Å². The molecule has 0 saturated heterocycles. The van der Waals surface area contributed by atoms with Gasteiger partial charge in [-0.05, 0) is 37.0 Å². The topological polar surface area (TPSA) is 37.3 Å². The first-order chi connectivity index (χ1) is 7.25. The largest absolute Gasteiger partial charge is 0.481 e. The predicted octanol–water partition coefficient (Wildman–Crippen LogP) is 3.46. The molecule has 15 heavy (non-hydrogen) atoms. The first-order valence-corrected chi connectivity index (χ1v) is 6.47. The highest BCUT2D eigenvalue weighted by molar-refractivity contribution is 5.66. The van der Waals surface area contributed by atoms with E-state index >= 15 is 0 Å². The van der Waals surface area contributed by atoms with Gasteiger partial charge in [0.1, 0.15) is 0 Å². The van der Waals surface area contributed by atoms with Crippen molar-refractivity contribution in [2.75, 3.05) is 0 Å². The molecule has 2 nitrogen and oxygen atoms in total. The summed E-state index contributed by atoms with van der Waals surface area (Å²) in [6, 6.07) is 0. The van der Waals surface area contributed by atoms with Crippen LogP contribution in [0.4, 0.5) is 0 Å². The molecule has 0 aromatic heterocycles. The molecule has 2 saturated carbocycles. The molecule has 86 valence electrons. The fourth-order valence-electron chi connectivity index (χ4n) is 3.56. The molecule has 3 atom stereocenters. The third-order valence-corrected chi connectivity index (χ3v) is 4.41. The van der Waals surface area contributed by atoms with E-state index in [1.165, 1.54) is 44.9 Å². The number of carbonyl (C=O) groups is 1. The molecule has 2 aliphatic carbocycles. The van der Waals surface area contributed by atoms with Crippen molar-refractivity contribution in [1.29, 1.82) is 0 Å². The number of carboxylic acid groups (broad SMARTS) is 1. The van der Waals surface area contributed by atoms with Crippen molar-refractivity contribution < 1.29 is 9.90 Å². The first-order valence-electron chi connectivity index (χ1n) is 6.47. The number of hydrogen-bond donors (Lipinski definition) is 1. The average Bonchev–Trinajstić information content (AvgIpc) is 2.26. The zero-order valence-corrected chi connectivity index (χ0v) is 9.45. The molecule has 2 rings (SSSR count). The second kappa shape index (κ2) is 5.00. The lowest BCUT2D eigenvalue weighted by molar-refractivity contribution is -0.137. The summed E-state index contributed by atoms with van der Waals surface area (Å²) in [5.41, 5.74) is 0. The van der Waals surface area contributed by atoms with Crippen molar-refractivity contribution in [3.8, 4) is 0 Å². The molecule has 2 fully saturated rings. The lowest BCUT2D eigenvalue weighted by Gasteiger charge is -2.39. The van der Waals surface area contributed by atoms with Crippen LogP contribution < -0.4 is 0 Å². The summed E-state index contributed by atoms with van der Waals surface area (Å²) in [5, 5.41) is 8.68. The summed E-state index contributed by atoms with van der Waals surface area (Å²) in [6.07, 6.45) is 11.0. The number of hydrogen-bond acceptors (Lipinski definition) is 1. The zero-order chi connectivity index (χ0) is 10.7. The van der Waals surface area contributed by atoms with E-state index in [2.05, 4.69) is 0 Å². The number of fused-ring (bicyclic) bond motifs is 1. The lowest BCUT2D eigenvalue weighted by Crippen LogP contribution is -2.27. The van der Waals surface area contributed by atoms with Crippen LogP contribution in [0, 0.1) is 17.8 Å². The van der Waals surface area contributed by atoms with Gasteiger partial charge in [0, 0.05) is 6.42 Å². The minimum absolute atomic E-state index is 0.377. The lowest BCUT2D eigenvalue weighted by atomic mass is 9.67. The van der Waals surface area contributed by atoms with E-state index in [1.54, 1.807) is 0 Å². The van der Waals surface area contributed by atoms with E-state index in [1.807, 2.05) is 0 Å². The van der Waals surface area contributed by atoms with Crippen LogP contribution in [0.3, 0.4) is 0 Å². The van der Waals surface area contributed by atoms with Crippen molar-refractivity contribution >= 4 is 5.97 Å². The summed E-state index contributed by atoms with van der Waals surface area (Å²) in [6.45, 7) is 0. The Morgan fingerprint density at radius 2 is 1.80 bits per heavy atom. The molecule has 1 N–H and O–H groups in total. The summed E-state index contributed by atoms with van der Waals surface area (Å²) < 4.78 is 0. The maximum atomic E-state index is 10.5. The summed E-state index contributed by atoms with van der Waals surface area (Å²) in [7, 11) is 0. The molecule has 0 aromatic rings. The van der Waals surface area contributed by atoms with Crippen LogP contribution in [-0.2, 0) is 4.79 Å². The molecule has 0 spiro atoms. The Balaban J connectivity index is 1.78. The summed E-state index contributed by atoms with van der Waals surface area (Å²) in [4.78, 5) is 10.5. The standard InChI is InChI=1S/C13H22O2/c14-13(15)8-6-10-5-7-11-3-1-2-4-12(11)9-10/h10-12H,1-9H2,(H,14,15)/t10-,11+,12+/m1/s1.